The summed E-state index contributed by atoms with van der Waals surface area (Å²) in [4.78, 5) is 11.5. The van der Waals surface area contributed by atoms with E-state index in [1.807, 2.05) is 0 Å². The summed E-state index contributed by atoms with van der Waals surface area (Å²) in [5, 5.41) is 0.176. The van der Waals surface area contributed by atoms with Crippen LogP contribution in [0.4, 0.5) is 13.2 Å². The second-order valence-electron chi connectivity index (χ2n) is 5.64. The van der Waals surface area contributed by atoms with Crippen LogP contribution in [0.3, 0.4) is 0 Å². The SMILES string of the molecule is CC(=O)c1ccc2c(c1)CC(c1cc(Cl)cc(Cl)c1)(C(F)(F)F)O2. The molecule has 1 aliphatic heterocycles. The Kier molecular flexibility index (Phi) is 4.04. The van der Waals surface area contributed by atoms with Gasteiger partial charge in [0.25, 0.3) is 0 Å². The highest BCUT2D eigenvalue weighted by molar-refractivity contribution is 6.34. The van der Waals surface area contributed by atoms with Gasteiger partial charge in [0.15, 0.2) is 5.78 Å². The Balaban J connectivity index is 2.15. The zero-order chi connectivity index (χ0) is 17.7. The van der Waals surface area contributed by atoms with E-state index in [2.05, 4.69) is 0 Å². The lowest BCUT2D eigenvalue weighted by Crippen LogP contribution is -2.46. The van der Waals surface area contributed by atoms with E-state index in [0.29, 0.717) is 11.1 Å². The minimum Gasteiger partial charge on any atom is -0.472 e. The number of fused-ring (bicyclic) bond motifs is 1. The van der Waals surface area contributed by atoms with Crippen molar-refractivity contribution in [2.75, 3.05) is 0 Å². The maximum Gasteiger partial charge on any atom is 0.432 e. The molecule has 1 unspecified atom stereocenters. The van der Waals surface area contributed by atoms with Gasteiger partial charge in [0.2, 0.25) is 5.60 Å². The minimum atomic E-state index is -4.70. The lowest BCUT2D eigenvalue weighted by atomic mass is 9.88. The number of carbonyl (C=O) groups excluding carboxylic acids is 1. The molecule has 2 aromatic carbocycles. The van der Waals surface area contributed by atoms with Crippen molar-refractivity contribution < 1.29 is 22.7 Å². The molecule has 0 aliphatic carbocycles. The first-order valence-corrected chi connectivity index (χ1v) is 7.74. The summed E-state index contributed by atoms with van der Waals surface area (Å²) in [7, 11) is 0. The largest absolute Gasteiger partial charge is 0.472 e. The Morgan fingerprint density at radius 3 is 2.29 bits per heavy atom. The average Bonchev–Trinajstić information content (AvgIpc) is 2.85. The van der Waals surface area contributed by atoms with Gasteiger partial charge in [0.1, 0.15) is 5.75 Å². The molecule has 0 saturated carbocycles. The smallest absolute Gasteiger partial charge is 0.432 e. The molecule has 1 atom stereocenters. The predicted molar refractivity (Wildman–Crippen MR) is 85.0 cm³/mol. The zero-order valence-corrected chi connectivity index (χ0v) is 13.9. The van der Waals surface area contributed by atoms with Crippen molar-refractivity contribution in [3.63, 3.8) is 0 Å². The molecule has 1 heterocycles. The van der Waals surface area contributed by atoms with Crippen molar-refractivity contribution in [1.29, 1.82) is 0 Å². The number of hydrogen-bond acceptors (Lipinski definition) is 2. The number of halogens is 5. The molecular formula is C17H11Cl2F3O2. The molecule has 0 radical (unpaired) electrons. The molecule has 24 heavy (non-hydrogen) atoms. The fourth-order valence-corrected chi connectivity index (χ4v) is 3.32. The lowest BCUT2D eigenvalue weighted by Gasteiger charge is -2.31. The molecule has 1 aliphatic rings. The van der Waals surface area contributed by atoms with Crippen LogP contribution in [-0.4, -0.2) is 12.0 Å². The third kappa shape index (κ3) is 2.76. The predicted octanol–water partition coefficient (Wildman–Crippen LogP) is 5.59. The summed E-state index contributed by atoms with van der Waals surface area (Å²) in [5.74, 6) is -0.137. The Labute approximate surface area is 146 Å². The van der Waals surface area contributed by atoms with Crippen LogP contribution in [0.2, 0.25) is 10.0 Å². The van der Waals surface area contributed by atoms with E-state index >= 15 is 0 Å². The number of alkyl halides is 3. The van der Waals surface area contributed by atoms with Crippen molar-refractivity contribution in [3.8, 4) is 5.75 Å². The fourth-order valence-electron chi connectivity index (χ4n) is 2.80. The van der Waals surface area contributed by atoms with Gasteiger partial charge >= 0.3 is 6.18 Å². The highest BCUT2D eigenvalue weighted by Crippen LogP contribution is 2.51. The third-order valence-corrected chi connectivity index (χ3v) is 4.41. The Hall–Kier alpha value is -1.72. The molecule has 0 N–H and O–H groups in total. The summed E-state index contributed by atoms with van der Waals surface area (Å²) >= 11 is 11.7. The maximum atomic E-state index is 13.9. The van der Waals surface area contributed by atoms with E-state index < -0.39 is 18.2 Å². The molecular weight excluding hydrogens is 364 g/mol. The van der Waals surface area contributed by atoms with E-state index in [-0.39, 0.29) is 27.1 Å². The molecule has 0 aromatic heterocycles. The third-order valence-electron chi connectivity index (χ3n) is 3.98. The van der Waals surface area contributed by atoms with Crippen molar-refractivity contribution in [3.05, 3.63) is 63.1 Å². The molecule has 0 saturated heterocycles. The van der Waals surface area contributed by atoms with Gasteiger partial charge in [-0.15, -0.1) is 0 Å². The summed E-state index contributed by atoms with van der Waals surface area (Å²) in [6.45, 7) is 1.35. The number of ether oxygens (including phenoxy) is 1. The van der Waals surface area contributed by atoms with Gasteiger partial charge in [-0.2, -0.15) is 13.2 Å². The number of Topliss-reactive ketones (excluding diaryl/α,β-unsaturated/α-hetero) is 1. The lowest BCUT2D eigenvalue weighted by molar-refractivity contribution is -0.248. The van der Waals surface area contributed by atoms with Crippen LogP contribution in [0.1, 0.15) is 28.4 Å². The monoisotopic (exact) mass is 374 g/mol. The first-order valence-electron chi connectivity index (χ1n) is 6.98. The van der Waals surface area contributed by atoms with Crippen LogP contribution in [-0.2, 0) is 12.0 Å². The van der Waals surface area contributed by atoms with Crippen molar-refractivity contribution in [1.82, 2.24) is 0 Å². The number of benzene rings is 2. The fraction of sp³-hybridized carbons (Fsp3) is 0.235. The molecule has 2 aromatic rings. The van der Waals surface area contributed by atoms with Gasteiger partial charge in [-0.1, -0.05) is 23.2 Å². The Morgan fingerprint density at radius 2 is 1.75 bits per heavy atom. The Morgan fingerprint density at radius 1 is 1.12 bits per heavy atom. The Bertz CT molecular complexity index is 813. The first kappa shape index (κ1) is 17.1. The van der Waals surface area contributed by atoms with Gasteiger partial charge in [0, 0.05) is 27.6 Å². The van der Waals surface area contributed by atoms with Gasteiger partial charge < -0.3 is 4.74 Å². The van der Waals surface area contributed by atoms with Crippen molar-refractivity contribution in [2.45, 2.75) is 25.1 Å². The number of ketones is 1. The topological polar surface area (TPSA) is 26.3 Å². The van der Waals surface area contributed by atoms with Crippen LogP contribution in [0.5, 0.6) is 5.75 Å². The van der Waals surface area contributed by atoms with E-state index in [1.54, 1.807) is 0 Å². The van der Waals surface area contributed by atoms with Gasteiger partial charge in [-0.25, -0.2) is 0 Å². The maximum absolute atomic E-state index is 13.9. The van der Waals surface area contributed by atoms with Crippen molar-refractivity contribution >= 4 is 29.0 Å². The summed E-state index contributed by atoms with van der Waals surface area (Å²) < 4.78 is 47.1. The highest BCUT2D eigenvalue weighted by Gasteiger charge is 2.61. The molecule has 7 heteroatoms. The molecule has 0 amide bonds. The second-order valence-corrected chi connectivity index (χ2v) is 6.51. The highest BCUT2D eigenvalue weighted by atomic mass is 35.5. The van der Waals surface area contributed by atoms with E-state index in [1.165, 1.54) is 43.3 Å². The van der Waals surface area contributed by atoms with Crippen LogP contribution < -0.4 is 4.74 Å². The van der Waals surface area contributed by atoms with Crippen LogP contribution in [0.25, 0.3) is 0 Å². The van der Waals surface area contributed by atoms with Gasteiger partial charge in [-0.3, -0.25) is 4.79 Å². The summed E-state index contributed by atoms with van der Waals surface area (Å²) in [6.07, 6.45) is -5.15. The van der Waals surface area contributed by atoms with Crippen LogP contribution in [0.15, 0.2) is 36.4 Å². The molecule has 0 fully saturated rings. The zero-order valence-electron chi connectivity index (χ0n) is 12.4. The van der Waals surface area contributed by atoms with E-state index in [0.717, 1.165) is 0 Å². The van der Waals surface area contributed by atoms with Crippen molar-refractivity contribution in [2.24, 2.45) is 0 Å². The average molecular weight is 375 g/mol. The standard InChI is InChI=1S/C17H11Cl2F3O2/c1-9(23)10-2-3-15-11(4-10)8-16(24-15,17(20,21)22)12-5-13(18)7-14(19)6-12/h2-7H,8H2,1H3. The summed E-state index contributed by atoms with van der Waals surface area (Å²) in [6, 6.07) is 7.99. The number of carbonyl (C=O) groups is 1. The first-order chi connectivity index (χ1) is 11.1. The molecule has 0 spiro atoms. The molecule has 0 bridgehead atoms. The normalized spacial score (nSPS) is 19.8. The van der Waals surface area contributed by atoms with Crippen LogP contribution >= 0.6 is 23.2 Å². The van der Waals surface area contributed by atoms with Crippen LogP contribution in [0, 0.1) is 0 Å². The summed E-state index contributed by atoms with van der Waals surface area (Å²) in [5.41, 5.74) is -2.11. The molecule has 2 nitrogen and oxygen atoms in total. The number of rotatable bonds is 2. The second kappa shape index (κ2) is 5.67. The molecule has 3 rings (SSSR count). The quantitative estimate of drug-likeness (QED) is 0.640. The minimum absolute atomic E-state index is 0.0881. The van der Waals surface area contributed by atoms with E-state index in [4.69, 9.17) is 27.9 Å². The van der Waals surface area contributed by atoms with Gasteiger partial charge in [-0.05, 0) is 48.9 Å². The molecule has 126 valence electrons. The van der Waals surface area contributed by atoms with E-state index in [9.17, 15) is 18.0 Å². The van der Waals surface area contributed by atoms with Gasteiger partial charge in [0.05, 0.1) is 0 Å². The number of hydrogen-bond donors (Lipinski definition) is 0.